The molecule has 0 saturated carbocycles. The Morgan fingerprint density at radius 2 is 1.72 bits per heavy atom. The average molecular weight is 437 g/mol. The Morgan fingerprint density at radius 3 is 2.31 bits per heavy atom. The molecule has 0 radical (unpaired) electrons. The fourth-order valence-corrected chi connectivity index (χ4v) is 3.74. The number of rotatable bonds is 9. The first-order valence-electron chi connectivity index (χ1n) is 10.6. The quantitative estimate of drug-likeness (QED) is 0.552. The summed E-state index contributed by atoms with van der Waals surface area (Å²) in [5.41, 5.74) is 2.97. The van der Waals surface area contributed by atoms with Gasteiger partial charge < -0.3 is 24.1 Å². The van der Waals surface area contributed by atoms with Crippen molar-refractivity contribution in [3.63, 3.8) is 0 Å². The largest absolute Gasteiger partial charge is 0.497 e. The number of carbonyl (C=O) groups excluding carboxylic acids is 1. The van der Waals surface area contributed by atoms with E-state index in [1.165, 1.54) is 0 Å². The third-order valence-corrected chi connectivity index (χ3v) is 5.33. The van der Waals surface area contributed by atoms with Crippen LogP contribution in [0.1, 0.15) is 16.8 Å². The minimum Gasteiger partial charge on any atom is -0.497 e. The van der Waals surface area contributed by atoms with E-state index in [0.29, 0.717) is 38.7 Å². The number of nitrogens with one attached hydrogen (secondary N) is 1. The summed E-state index contributed by atoms with van der Waals surface area (Å²) in [4.78, 5) is 20.5. The van der Waals surface area contributed by atoms with Gasteiger partial charge in [-0.3, -0.25) is 9.69 Å². The van der Waals surface area contributed by atoms with E-state index in [9.17, 15) is 4.79 Å². The standard InChI is InChI=1S/C24H28N4O4/c1-30-21-7-3-5-18(11-21)13-28(14-19-6-4-8-22(12-19)31-2)24-26-20(17-32-24)15-27-10-9-25-23(29)16-27/h3-8,11-12,17H,9-10,13-16H2,1-2H3,(H,25,29). The van der Waals surface area contributed by atoms with Gasteiger partial charge in [-0.2, -0.15) is 4.98 Å². The van der Waals surface area contributed by atoms with E-state index >= 15 is 0 Å². The van der Waals surface area contributed by atoms with Crippen molar-refractivity contribution in [2.24, 2.45) is 0 Å². The second-order valence-electron chi connectivity index (χ2n) is 7.74. The van der Waals surface area contributed by atoms with Crippen LogP contribution in [-0.2, 0) is 24.4 Å². The van der Waals surface area contributed by atoms with Gasteiger partial charge in [-0.05, 0) is 35.4 Å². The van der Waals surface area contributed by atoms with Crippen LogP contribution < -0.4 is 19.7 Å². The lowest BCUT2D eigenvalue weighted by molar-refractivity contribution is -0.124. The topological polar surface area (TPSA) is 80.1 Å². The Balaban J connectivity index is 1.55. The minimum atomic E-state index is 0.0395. The molecular formula is C24H28N4O4. The molecule has 0 bridgehead atoms. The maximum Gasteiger partial charge on any atom is 0.298 e. The number of amides is 1. The third-order valence-electron chi connectivity index (χ3n) is 5.33. The number of aromatic nitrogens is 1. The third kappa shape index (κ3) is 5.59. The van der Waals surface area contributed by atoms with Gasteiger partial charge in [0, 0.05) is 32.7 Å². The molecule has 3 aromatic rings. The highest BCUT2D eigenvalue weighted by Gasteiger charge is 2.20. The summed E-state index contributed by atoms with van der Waals surface area (Å²) in [5, 5.41) is 2.84. The Hall–Kier alpha value is -3.52. The number of hydrogen-bond donors (Lipinski definition) is 1. The van der Waals surface area contributed by atoms with E-state index in [-0.39, 0.29) is 5.91 Å². The van der Waals surface area contributed by atoms with Crippen LogP contribution in [0.25, 0.3) is 0 Å². The molecule has 1 fully saturated rings. The van der Waals surface area contributed by atoms with E-state index < -0.39 is 0 Å². The molecule has 2 aromatic carbocycles. The smallest absolute Gasteiger partial charge is 0.298 e. The van der Waals surface area contributed by atoms with Crippen molar-refractivity contribution in [3.05, 3.63) is 71.6 Å². The number of carbonyl (C=O) groups is 1. The molecule has 1 saturated heterocycles. The Morgan fingerprint density at radius 1 is 1.06 bits per heavy atom. The van der Waals surface area contributed by atoms with E-state index in [1.54, 1.807) is 20.5 Å². The number of ether oxygens (including phenoxy) is 2. The van der Waals surface area contributed by atoms with Crippen LogP contribution in [0.2, 0.25) is 0 Å². The van der Waals surface area contributed by atoms with Gasteiger partial charge in [-0.15, -0.1) is 0 Å². The highest BCUT2D eigenvalue weighted by molar-refractivity contribution is 5.78. The monoisotopic (exact) mass is 436 g/mol. The van der Waals surface area contributed by atoms with Gasteiger partial charge in [0.25, 0.3) is 6.01 Å². The Kier molecular flexibility index (Phi) is 6.91. The molecule has 2 heterocycles. The lowest BCUT2D eigenvalue weighted by atomic mass is 10.1. The number of nitrogens with zero attached hydrogens (tertiary/aromatic N) is 3. The normalized spacial score (nSPS) is 14.1. The SMILES string of the molecule is COc1cccc(CN(Cc2cccc(OC)c2)c2nc(CN3CCNC(=O)C3)co2)c1. The molecule has 1 aliphatic rings. The minimum absolute atomic E-state index is 0.0395. The fourth-order valence-electron chi connectivity index (χ4n) is 3.74. The average Bonchev–Trinajstić information content (AvgIpc) is 3.27. The number of hydrogen-bond acceptors (Lipinski definition) is 7. The second-order valence-corrected chi connectivity index (χ2v) is 7.74. The van der Waals surface area contributed by atoms with E-state index in [0.717, 1.165) is 34.9 Å². The van der Waals surface area contributed by atoms with Crippen LogP contribution in [0.5, 0.6) is 11.5 Å². The number of piperazine rings is 1. The first-order valence-corrected chi connectivity index (χ1v) is 10.6. The van der Waals surface area contributed by atoms with Gasteiger partial charge in [-0.1, -0.05) is 24.3 Å². The maximum atomic E-state index is 11.7. The molecule has 1 aliphatic heterocycles. The lowest BCUT2D eigenvalue weighted by Gasteiger charge is -2.25. The molecule has 0 aliphatic carbocycles. The summed E-state index contributed by atoms with van der Waals surface area (Å²) in [6, 6.07) is 16.5. The van der Waals surface area contributed by atoms with Gasteiger partial charge in [0.15, 0.2) is 0 Å². The van der Waals surface area contributed by atoms with Crippen LogP contribution >= 0.6 is 0 Å². The summed E-state index contributed by atoms with van der Waals surface area (Å²) in [7, 11) is 3.32. The first kappa shape index (κ1) is 21.7. The van der Waals surface area contributed by atoms with Crippen molar-refractivity contribution in [1.29, 1.82) is 0 Å². The van der Waals surface area contributed by atoms with Crippen LogP contribution in [0.3, 0.4) is 0 Å². The predicted molar refractivity (Wildman–Crippen MR) is 121 cm³/mol. The molecule has 32 heavy (non-hydrogen) atoms. The van der Waals surface area contributed by atoms with Crippen LogP contribution in [0.15, 0.2) is 59.2 Å². The Bertz CT molecular complexity index is 1000. The summed E-state index contributed by atoms with van der Waals surface area (Å²) in [6.07, 6.45) is 1.67. The van der Waals surface area contributed by atoms with Gasteiger partial charge in [0.2, 0.25) is 5.91 Å². The number of oxazole rings is 1. The molecule has 8 nitrogen and oxygen atoms in total. The Labute approximate surface area is 187 Å². The molecular weight excluding hydrogens is 408 g/mol. The predicted octanol–water partition coefficient (Wildman–Crippen LogP) is 2.83. The molecule has 8 heteroatoms. The molecule has 1 amide bonds. The maximum absolute atomic E-state index is 11.7. The highest BCUT2D eigenvalue weighted by atomic mass is 16.5. The van der Waals surface area contributed by atoms with Crippen molar-refractivity contribution >= 4 is 11.9 Å². The summed E-state index contributed by atoms with van der Waals surface area (Å²) in [6.45, 7) is 3.59. The summed E-state index contributed by atoms with van der Waals surface area (Å²) < 4.78 is 16.6. The number of anilines is 1. The van der Waals surface area contributed by atoms with Crippen molar-refractivity contribution in [2.75, 3.05) is 38.8 Å². The van der Waals surface area contributed by atoms with Crippen LogP contribution in [-0.4, -0.2) is 49.6 Å². The van der Waals surface area contributed by atoms with Crippen LogP contribution in [0.4, 0.5) is 6.01 Å². The zero-order valence-corrected chi connectivity index (χ0v) is 18.4. The molecule has 0 unspecified atom stereocenters. The molecule has 168 valence electrons. The van der Waals surface area contributed by atoms with Crippen molar-refractivity contribution < 1.29 is 18.7 Å². The van der Waals surface area contributed by atoms with Crippen LogP contribution in [0, 0.1) is 0 Å². The molecule has 1 N–H and O–H groups in total. The molecule has 0 spiro atoms. The van der Waals surface area contributed by atoms with Crippen molar-refractivity contribution in [3.8, 4) is 11.5 Å². The second kappa shape index (κ2) is 10.2. The molecule has 1 aromatic heterocycles. The van der Waals surface area contributed by atoms with Crippen molar-refractivity contribution in [1.82, 2.24) is 15.2 Å². The highest BCUT2D eigenvalue weighted by Crippen LogP contribution is 2.23. The molecule has 4 rings (SSSR count). The lowest BCUT2D eigenvalue weighted by Crippen LogP contribution is -2.47. The van der Waals surface area contributed by atoms with Gasteiger partial charge >= 0.3 is 0 Å². The zero-order valence-electron chi connectivity index (χ0n) is 18.4. The fraction of sp³-hybridized carbons (Fsp3) is 0.333. The van der Waals surface area contributed by atoms with Gasteiger partial charge in [-0.25, -0.2) is 0 Å². The van der Waals surface area contributed by atoms with Gasteiger partial charge in [0.1, 0.15) is 17.8 Å². The van der Waals surface area contributed by atoms with E-state index in [4.69, 9.17) is 18.9 Å². The van der Waals surface area contributed by atoms with Gasteiger partial charge in [0.05, 0.1) is 26.5 Å². The summed E-state index contributed by atoms with van der Waals surface area (Å²) in [5.74, 6) is 1.65. The van der Waals surface area contributed by atoms with E-state index in [2.05, 4.69) is 27.2 Å². The first-order chi connectivity index (χ1) is 15.6. The number of methoxy groups -OCH3 is 2. The number of benzene rings is 2. The summed E-state index contributed by atoms with van der Waals surface area (Å²) >= 11 is 0. The van der Waals surface area contributed by atoms with Crippen molar-refractivity contribution in [2.45, 2.75) is 19.6 Å². The van der Waals surface area contributed by atoms with E-state index in [1.807, 2.05) is 36.4 Å². The molecule has 0 atom stereocenters. The zero-order chi connectivity index (χ0) is 22.3.